The number of amides is 2. The maximum Gasteiger partial charge on any atom is 0.328 e. The van der Waals surface area contributed by atoms with Crippen molar-refractivity contribution in [3.8, 4) is 0 Å². The highest BCUT2D eigenvalue weighted by Crippen LogP contribution is 2.24. The van der Waals surface area contributed by atoms with Crippen LogP contribution in [-0.2, 0) is 39.0 Å². The number of halogens is 5. The molecule has 0 spiro atoms. The summed E-state index contributed by atoms with van der Waals surface area (Å²) in [5.74, 6) is -0.269. The number of esters is 1. The highest BCUT2D eigenvalue weighted by atomic mass is 35.5. The average molecular weight is 753 g/mol. The van der Waals surface area contributed by atoms with E-state index in [1.54, 1.807) is 19.1 Å². The number of nitrogens with one attached hydrogen (secondary N) is 2. The van der Waals surface area contributed by atoms with Crippen LogP contribution in [0.3, 0.4) is 0 Å². The van der Waals surface area contributed by atoms with Gasteiger partial charge in [0.15, 0.2) is 0 Å². The highest BCUT2D eigenvalue weighted by molar-refractivity contribution is 6.18. The molecule has 268 valence electrons. The lowest BCUT2D eigenvalue weighted by Gasteiger charge is -2.25. The zero-order valence-corrected chi connectivity index (χ0v) is 30.9. The number of aromatic nitrogens is 2. The predicted molar refractivity (Wildman–Crippen MR) is 195 cm³/mol. The van der Waals surface area contributed by atoms with Crippen molar-refractivity contribution >= 4 is 82.5 Å². The van der Waals surface area contributed by atoms with E-state index in [0.29, 0.717) is 43.3 Å². The third kappa shape index (κ3) is 12.6. The number of hydrogen-bond donors (Lipinski definition) is 3. The minimum absolute atomic E-state index is 0. The Hall–Kier alpha value is -2.83. The van der Waals surface area contributed by atoms with E-state index in [9.17, 15) is 18.8 Å². The number of carbonyl (C=O) groups is 3. The fourth-order valence-electron chi connectivity index (χ4n) is 5.22. The van der Waals surface area contributed by atoms with Crippen molar-refractivity contribution in [2.75, 3.05) is 36.4 Å². The van der Waals surface area contributed by atoms with Gasteiger partial charge in [-0.15, -0.1) is 48.0 Å². The molecule has 0 aliphatic rings. The van der Waals surface area contributed by atoms with E-state index in [4.69, 9.17) is 38.7 Å². The van der Waals surface area contributed by atoms with Gasteiger partial charge in [0, 0.05) is 44.0 Å². The van der Waals surface area contributed by atoms with E-state index in [-0.39, 0.29) is 56.0 Å². The molecular formula is C33H47Cl4FN6O4. The zero-order chi connectivity index (χ0) is 33.8. The molecule has 0 saturated carbocycles. The van der Waals surface area contributed by atoms with Crippen molar-refractivity contribution in [3.05, 3.63) is 59.7 Å². The maximum atomic E-state index is 13.5. The number of imidazole rings is 1. The first kappa shape index (κ1) is 43.2. The summed E-state index contributed by atoms with van der Waals surface area (Å²) in [7, 11) is 1.90. The molecule has 3 rings (SSSR count). The lowest BCUT2D eigenvalue weighted by Crippen LogP contribution is -2.55. The van der Waals surface area contributed by atoms with Crippen molar-refractivity contribution in [3.63, 3.8) is 0 Å². The van der Waals surface area contributed by atoms with Gasteiger partial charge in [-0.1, -0.05) is 26.0 Å². The number of fused-ring (bicyclic) bond motifs is 1. The number of anilines is 1. The minimum atomic E-state index is -0.967. The summed E-state index contributed by atoms with van der Waals surface area (Å²) < 4.78 is 20.5. The quantitative estimate of drug-likeness (QED) is 0.124. The number of nitrogens with two attached hydrogens (primary N) is 1. The van der Waals surface area contributed by atoms with Crippen LogP contribution in [0.25, 0.3) is 11.0 Å². The Kier molecular flexibility index (Phi) is 19.2. The monoisotopic (exact) mass is 750 g/mol. The highest BCUT2D eigenvalue weighted by Gasteiger charge is 2.30. The number of carbonyl (C=O) groups excluding carboxylic acids is 3. The molecule has 0 aliphatic carbocycles. The number of nitrogens with zero attached hydrogens (tertiary/aromatic N) is 3. The second kappa shape index (κ2) is 21.3. The van der Waals surface area contributed by atoms with Crippen molar-refractivity contribution < 1.29 is 23.5 Å². The molecule has 0 aliphatic heterocycles. The summed E-state index contributed by atoms with van der Waals surface area (Å²) in [6.45, 7) is 7.00. The molecule has 0 saturated heterocycles. The number of rotatable bonds is 18. The van der Waals surface area contributed by atoms with Gasteiger partial charge in [0.2, 0.25) is 11.8 Å². The summed E-state index contributed by atoms with van der Waals surface area (Å²) in [6.07, 6.45) is 1.10. The van der Waals surface area contributed by atoms with Crippen LogP contribution < -0.4 is 21.3 Å². The Balaban J connectivity index is 0.00000576. The zero-order valence-electron chi connectivity index (χ0n) is 27.7. The lowest BCUT2D eigenvalue weighted by molar-refractivity contribution is -0.147. The Labute approximate surface area is 304 Å². The normalized spacial score (nSPS) is 12.8. The molecule has 0 radical (unpaired) electrons. The maximum absolute atomic E-state index is 13.5. The van der Waals surface area contributed by atoms with Crippen LogP contribution in [0.1, 0.15) is 45.0 Å². The molecule has 0 fully saturated rings. The van der Waals surface area contributed by atoms with Gasteiger partial charge >= 0.3 is 5.97 Å². The first-order valence-corrected chi connectivity index (χ1v) is 16.6. The first-order chi connectivity index (χ1) is 22.0. The molecule has 48 heavy (non-hydrogen) atoms. The van der Waals surface area contributed by atoms with E-state index in [1.165, 1.54) is 12.1 Å². The summed E-state index contributed by atoms with van der Waals surface area (Å²) in [4.78, 5) is 46.4. The number of hydrogen-bond acceptors (Lipinski definition) is 7. The van der Waals surface area contributed by atoms with Gasteiger partial charge in [0.05, 0.1) is 23.7 Å². The molecule has 2 aromatic carbocycles. The van der Waals surface area contributed by atoms with Crippen LogP contribution in [0, 0.1) is 11.7 Å². The van der Waals surface area contributed by atoms with Crippen LogP contribution in [0.5, 0.6) is 0 Å². The summed E-state index contributed by atoms with van der Waals surface area (Å²) in [5, 5.41) is 5.55. The fourth-order valence-corrected chi connectivity index (χ4v) is 5.63. The van der Waals surface area contributed by atoms with Crippen LogP contribution >= 0.6 is 48.0 Å². The van der Waals surface area contributed by atoms with Gasteiger partial charge < -0.3 is 30.6 Å². The van der Waals surface area contributed by atoms with E-state index >= 15 is 0 Å². The Bertz CT molecular complexity index is 1450. The molecule has 4 N–H and O–H groups in total. The van der Waals surface area contributed by atoms with Crippen LogP contribution in [0.2, 0.25) is 0 Å². The van der Waals surface area contributed by atoms with E-state index in [2.05, 4.69) is 15.5 Å². The smallest absolute Gasteiger partial charge is 0.328 e. The van der Waals surface area contributed by atoms with Crippen molar-refractivity contribution in [2.24, 2.45) is 18.7 Å². The summed E-state index contributed by atoms with van der Waals surface area (Å²) in [5.41, 5.74) is 9.50. The topological polar surface area (TPSA) is 132 Å². The van der Waals surface area contributed by atoms with E-state index < -0.39 is 35.9 Å². The molecule has 3 atom stereocenters. The summed E-state index contributed by atoms with van der Waals surface area (Å²) >= 11 is 12.0. The van der Waals surface area contributed by atoms with Crippen LogP contribution in [0.4, 0.5) is 10.1 Å². The van der Waals surface area contributed by atoms with Gasteiger partial charge in [0.1, 0.15) is 23.7 Å². The van der Waals surface area contributed by atoms with E-state index in [1.807, 2.05) is 43.7 Å². The van der Waals surface area contributed by atoms with Crippen LogP contribution in [-0.4, -0.2) is 76.9 Å². The Morgan fingerprint density at radius 3 is 2.21 bits per heavy atom. The van der Waals surface area contributed by atoms with Crippen LogP contribution in [0.15, 0.2) is 42.5 Å². The number of aryl methyl sites for hydroxylation is 2. The first-order valence-electron chi connectivity index (χ1n) is 15.6. The number of benzene rings is 2. The Morgan fingerprint density at radius 1 is 1.00 bits per heavy atom. The molecule has 2 amide bonds. The van der Waals surface area contributed by atoms with Crippen molar-refractivity contribution in [1.29, 1.82) is 0 Å². The molecule has 3 aromatic rings. The van der Waals surface area contributed by atoms with Crippen molar-refractivity contribution in [2.45, 2.75) is 64.6 Å². The lowest BCUT2D eigenvalue weighted by atomic mass is 10.0. The average Bonchev–Trinajstić information content (AvgIpc) is 3.33. The molecule has 10 nitrogen and oxygen atoms in total. The van der Waals surface area contributed by atoms with Gasteiger partial charge in [-0.3, -0.25) is 9.59 Å². The largest absolute Gasteiger partial charge is 0.464 e. The molecule has 15 heteroatoms. The standard InChI is InChI=1S/C33H45Cl2FN6O4.2ClH/c1-5-46-33(45)26(11-13-30-38-27-20-24(10-12-29(27)41(30)4)42(16-14-34)17-15-35)39-32(44)28(18-21(2)3)40-31(43)25(37)19-22-6-8-23(36)9-7-22;;/h6-10,12,20-21,25-26,28H,5,11,13-19,37H2,1-4H3,(H,39,44)(H,40,43);2*1H/t25-,26-,28-;;/m0../s1. The third-order valence-corrected chi connectivity index (χ3v) is 7.96. The third-order valence-electron chi connectivity index (χ3n) is 7.62. The predicted octanol–water partition coefficient (Wildman–Crippen LogP) is 4.92. The number of alkyl halides is 2. The molecule has 1 aromatic heterocycles. The van der Waals surface area contributed by atoms with Gasteiger partial charge in [-0.25, -0.2) is 14.2 Å². The van der Waals surface area contributed by atoms with E-state index in [0.717, 1.165) is 22.5 Å². The second-order valence-corrected chi connectivity index (χ2v) is 12.4. The molecular weight excluding hydrogens is 705 g/mol. The van der Waals surface area contributed by atoms with Gasteiger partial charge in [-0.05, 0) is 68.0 Å². The van der Waals surface area contributed by atoms with Gasteiger partial charge in [-0.2, -0.15) is 0 Å². The molecule has 0 bridgehead atoms. The molecule has 1 heterocycles. The second-order valence-electron chi connectivity index (χ2n) is 11.6. The molecule has 0 unspecified atom stereocenters. The summed E-state index contributed by atoms with van der Waals surface area (Å²) in [6, 6.07) is 8.85. The van der Waals surface area contributed by atoms with Crippen molar-refractivity contribution in [1.82, 2.24) is 20.2 Å². The fraction of sp³-hybridized carbons (Fsp3) is 0.515. The minimum Gasteiger partial charge on any atom is -0.464 e. The number of ether oxygens (including phenoxy) is 1. The Morgan fingerprint density at radius 2 is 1.62 bits per heavy atom. The van der Waals surface area contributed by atoms with Gasteiger partial charge in [0.25, 0.3) is 0 Å². The SMILES string of the molecule is CCOC(=O)[C@H](CCc1nc2cc(N(CCCl)CCCl)ccc2n1C)NC(=O)[C@H](CC(C)C)NC(=O)[C@@H](N)Cc1ccc(F)cc1.Cl.Cl.